The fourth-order valence-electron chi connectivity index (χ4n) is 4.40. The summed E-state index contributed by atoms with van der Waals surface area (Å²) < 4.78 is 39.1. The number of esters is 1. The van der Waals surface area contributed by atoms with Gasteiger partial charge in [0.15, 0.2) is 6.61 Å². The molecule has 0 aliphatic rings. The average Bonchev–Trinajstić information content (AvgIpc) is 2.99. The van der Waals surface area contributed by atoms with Crippen molar-refractivity contribution in [1.29, 1.82) is 0 Å². The molecule has 0 aromatic heterocycles. The summed E-state index contributed by atoms with van der Waals surface area (Å²) in [6.45, 7) is 5.37. The largest absolute Gasteiger partial charge is 0.495 e. The van der Waals surface area contributed by atoms with E-state index in [0.29, 0.717) is 23.7 Å². The lowest BCUT2D eigenvalue weighted by Crippen LogP contribution is -2.34. The van der Waals surface area contributed by atoms with Gasteiger partial charge in [0.1, 0.15) is 5.75 Å². The number of nitrogens with zero attached hydrogens (tertiary/aromatic N) is 2. The molecular formula is C31H30N2O6S. The Morgan fingerprint density at radius 2 is 1.57 bits per heavy atom. The summed E-state index contributed by atoms with van der Waals surface area (Å²) >= 11 is 0. The number of amides is 1. The van der Waals surface area contributed by atoms with Crippen molar-refractivity contribution in [3.05, 3.63) is 109 Å². The Balaban J connectivity index is 1.54. The summed E-state index contributed by atoms with van der Waals surface area (Å²) in [6.07, 6.45) is 1.46. The molecule has 0 aliphatic heterocycles. The molecule has 0 atom stereocenters. The summed E-state index contributed by atoms with van der Waals surface area (Å²) in [5.74, 6) is -0.843. The minimum atomic E-state index is -4.11. The van der Waals surface area contributed by atoms with Gasteiger partial charge in [0.2, 0.25) is 0 Å². The molecule has 4 aromatic rings. The Morgan fingerprint density at radius 3 is 2.33 bits per heavy atom. The van der Waals surface area contributed by atoms with E-state index in [4.69, 9.17) is 9.47 Å². The molecule has 0 aliphatic carbocycles. The third-order valence-corrected chi connectivity index (χ3v) is 8.08. The van der Waals surface area contributed by atoms with Crippen molar-refractivity contribution >= 4 is 44.0 Å². The molecule has 0 heterocycles. The number of fused-ring (bicyclic) bond motifs is 1. The maximum atomic E-state index is 13.6. The van der Waals surface area contributed by atoms with Crippen molar-refractivity contribution in [3.63, 3.8) is 0 Å². The molecule has 0 spiro atoms. The van der Waals surface area contributed by atoms with Crippen LogP contribution in [-0.4, -0.2) is 47.1 Å². The minimum absolute atomic E-state index is 0.000615. The zero-order valence-corrected chi connectivity index (χ0v) is 23.1. The maximum Gasteiger partial charge on any atom is 0.338 e. The average molecular weight is 559 g/mol. The number of carbonyl (C=O) groups excluding carboxylic acids is 2. The Bertz CT molecular complexity index is 1650. The number of methoxy groups -OCH3 is 1. The van der Waals surface area contributed by atoms with Crippen LogP contribution in [0.3, 0.4) is 0 Å². The number of hydrogen-bond acceptors (Lipinski definition) is 6. The molecule has 0 saturated carbocycles. The lowest BCUT2D eigenvalue weighted by atomic mass is 10.1. The van der Waals surface area contributed by atoms with Gasteiger partial charge >= 0.3 is 5.97 Å². The van der Waals surface area contributed by atoms with Crippen LogP contribution in [0.1, 0.15) is 17.3 Å². The summed E-state index contributed by atoms with van der Waals surface area (Å²) in [4.78, 5) is 27.4. The van der Waals surface area contributed by atoms with Crippen LogP contribution >= 0.6 is 0 Å². The Labute approximate surface area is 234 Å². The number of likely N-dealkylation sites (N-methyl/N-ethyl adjacent to an activating group) is 1. The minimum Gasteiger partial charge on any atom is -0.495 e. The summed E-state index contributed by atoms with van der Waals surface area (Å²) in [5, 5.41) is 1.89. The Hall–Kier alpha value is -4.63. The van der Waals surface area contributed by atoms with E-state index in [0.717, 1.165) is 15.1 Å². The van der Waals surface area contributed by atoms with Gasteiger partial charge in [-0.3, -0.25) is 9.10 Å². The highest BCUT2D eigenvalue weighted by Crippen LogP contribution is 2.32. The van der Waals surface area contributed by atoms with E-state index < -0.39 is 28.5 Å². The molecular weight excluding hydrogens is 528 g/mol. The molecule has 4 rings (SSSR count). The van der Waals surface area contributed by atoms with Crippen LogP contribution in [0.4, 0.5) is 11.4 Å². The molecule has 0 unspecified atom stereocenters. The SMILES string of the molecule is C=CCN(c1ccccc1OC)S(=O)(=O)c1cccc(C(=O)OCC(=O)N(CC)c2cccc3ccccc23)c1. The maximum absolute atomic E-state index is 13.6. The highest BCUT2D eigenvalue weighted by molar-refractivity contribution is 7.92. The molecule has 0 saturated heterocycles. The van der Waals surface area contributed by atoms with Gasteiger partial charge in [-0.25, -0.2) is 13.2 Å². The van der Waals surface area contributed by atoms with E-state index in [1.807, 2.05) is 49.4 Å². The van der Waals surface area contributed by atoms with Crippen LogP contribution in [0.5, 0.6) is 5.75 Å². The number of carbonyl (C=O) groups is 2. The quantitative estimate of drug-likeness (QED) is 0.180. The van der Waals surface area contributed by atoms with E-state index in [9.17, 15) is 18.0 Å². The number of ether oxygens (including phenoxy) is 2. The second-order valence-electron chi connectivity index (χ2n) is 8.74. The number of rotatable bonds is 11. The third kappa shape index (κ3) is 5.84. The number of benzene rings is 4. The van der Waals surface area contributed by atoms with Crippen molar-refractivity contribution in [1.82, 2.24) is 0 Å². The Kier molecular flexibility index (Phi) is 8.86. The molecule has 0 bridgehead atoms. The molecule has 0 N–H and O–H groups in total. The summed E-state index contributed by atoms with van der Waals surface area (Å²) in [7, 11) is -2.66. The molecule has 9 heteroatoms. The first-order valence-corrected chi connectivity index (χ1v) is 14.1. The summed E-state index contributed by atoms with van der Waals surface area (Å²) in [6, 6.07) is 25.6. The first kappa shape index (κ1) is 28.4. The van der Waals surface area contributed by atoms with E-state index in [2.05, 4.69) is 6.58 Å². The number of para-hydroxylation sites is 2. The van der Waals surface area contributed by atoms with Gasteiger partial charge in [-0.2, -0.15) is 0 Å². The van der Waals surface area contributed by atoms with Crippen LogP contribution in [0.25, 0.3) is 10.8 Å². The molecule has 8 nitrogen and oxygen atoms in total. The van der Waals surface area contributed by atoms with E-state index in [1.165, 1.54) is 37.5 Å². The van der Waals surface area contributed by atoms with Gasteiger partial charge in [0, 0.05) is 11.9 Å². The van der Waals surface area contributed by atoms with Crippen molar-refractivity contribution in [2.45, 2.75) is 11.8 Å². The van der Waals surface area contributed by atoms with Crippen molar-refractivity contribution in [2.24, 2.45) is 0 Å². The van der Waals surface area contributed by atoms with Crippen LogP contribution in [0.15, 0.2) is 109 Å². The van der Waals surface area contributed by atoms with Gasteiger partial charge in [-0.15, -0.1) is 6.58 Å². The fraction of sp³-hybridized carbons (Fsp3) is 0.161. The fourth-order valence-corrected chi connectivity index (χ4v) is 5.90. The van der Waals surface area contributed by atoms with Crippen LogP contribution in [-0.2, 0) is 19.6 Å². The number of anilines is 2. The second kappa shape index (κ2) is 12.5. The predicted octanol–water partition coefficient (Wildman–Crippen LogP) is 5.44. The van der Waals surface area contributed by atoms with Crippen LogP contribution in [0, 0.1) is 0 Å². The normalized spacial score (nSPS) is 11.1. The molecule has 0 radical (unpaired) electrons. The molecule has 206 valence electrons. The first-order chi connectivity index (χ1) is 19.3. The number of sulfonamides is 1. The van der Waals surface area contributed by atoms with Gasteiger partial charge in [-0.05, 0) is 48.7 Å². The zero-order valence-electron chi connectivity index (χ0n) is 22.3. The monoisotopic (exact) mass is 558 g/mol. The van der Waals surface area contributed by atoms with Gasteiger partial charge in [0.05, 0.1) is 35.5 Å². The lowest BCUT2D eigenvalue weighted by Gasteiger charge is -2.25. The van der Waals surface area contributed by atoms with Crippen molar-refractivity contribution in [3.8, 4) is 5.75 Å². The van der Waals surface area contributed by atoms with Crippen LogP contribution < -0.4 is 13.9 Å². The van der Waals surface area contributed by atoms with Crippen molar-refractivity contribution in [2.75, 3.05) is 36.0 Å². The molecule has 0 fully saturated rings. The van der Waals surface area contributed by atoms with Gasteiger partial charge < -0.3 is 14.4 Å². The standard InChI is InChI=1S/C31H30N2O6S/c1-4-20-33(28-17-8-9-19-29(28)38-3)40(36,37)25-15-10-14-24(21-25)31(35)39-22-30(34)32(5-2)27-18-11-13-23-12-6-7-16-26(23)27/h4,6-19,21H,1,5,20,22H2,2-3H3. The predicted molar refractivity (Wildman–Crippen MR) is 156 cm³/mol. The van der Waals surface area contributed by atoms with E-state index >= 15 is 0 Å². The lowest BCUT2D eigenvalue weighted by molar-refractivity contribution is -0.121. The molecule has 4 aromatic carbocycles. The summed E-state index contributed by atoms with van der Waals surface area (Å²) in [5.41, 5.74) is 1.05. The zero-order chi connectivity index (χ0) is 28.7. The van der Waals surface area contributed by atoms with E-state index in [-0.39, 0.29) is 17.0 Å². The Morgan fingerprint density at radius 1 is 0.900 bits per heavy atom. The number of hydrogen-bond donors (Lipinski definition) is 0. The topological polar surface area (TPSA) is 93.2 Å². The van der Waals surface area contributed by atoms with Gasteiger partial charge in [-0.1, -0.05) is 60.7 Å². The van der Waals surface area contributed by atoms with Crippen molar-refractivity contribution < 1.29 is 27.5 Å². The third-order valence-electron chi connectivity index (χ3n) is 6.31. The second-order valence-corrected chi connectivity index (χ2v) is 10.6. The molecule has 1 amide bonds. The first-order valence-electron chi connectivity index (χ1n) is 12.6. The van der Waals surface area contributed by atoms with E-state index in [1.54, 1.807) is 29.2 Å². The highest BCUT2D eigenvalue weighted by atomic mass is 32.2. The van der Waals surface area contributed by atoms with Gasteiger partial charge in [0.25, 0.3) is 15.9 Å². The van der Waals surface area contributed by atoms with Crippen LogP contribution in [0.2, 0.25) is 0 Å². The smallest absolute Gasteiger partial charge is 0.338 e. The molecule has 40 heavy (non-hydrogen) atoms. The highest BCUT2D eigenvalue weighted by Gasteiger charge is 2.27.